The minimum Gasteiger partial charge on any atom is -0.390 e. The molecule has 2 aliphatic heterocycles. The lowest BCUT2D eigenvalue weighted by molar-refractivity contribution is -0.387. The highest BCUT2D eigenvalue weighted by atomic mass is 16.8. The van der Waals surface area contributed by atoms with Gasteiger partial charge in [0, 0.05) is 17.9 Å². The summed E-state index contributed by atoms with van der Waals surface area (Å²) in [5.41, 5.74) is 3.55. The topological polar surface area (TPSA) is 107 Å². The fraction of sp³-hybridized carbons (Fsp3) is 0.871. The molecule has 222 valence electrons. The first-order chi connectivity index (χ1) is 18.4. The van der Waals surface area contributed by atoms with Gasteiger partial charge in [-0.3, -0.25) is 0 Å². The maximum absolute atomic E-state index is 12.0. The molecule has 5 rings (SSSR count). The molecule has 0 aromatic heterocycles. The molecule has 0 amide bonds. The normalized spacial score (nSPS) is 47.2. The van der Waals surface area contributed by atoms with Crippen molar-refractivity contribution in [1.29, 1.82) is 0 Å². The van der Waals surface area contributed by atoms with Crippen LogP contribution in [0.2, 0.25) is 0 Å². The first kappa shape index (κ1) is 29.6. The van der Waals surface area contributed by atoms with Crippen molar-refractivity contribution in [3.8, 4) is 0 Å². The number of hydrogen-bond donors (Lipinski definition) is 3. The van der Waals surface area contributed by atoms with Crippen LogP contribution in [0.25, 0.3) is 0 Å². The van der Waals surface area contributed by atoms with Crippen LogP contribution < -0.4 is 0 Å². The van der Waals surface area contributed by atoms with Crippen molar-refractivity contribution in [2.45, 2.75) is 123 Å². The van der Waals surface area contributed by atoms with E-state index < -0.39 is 48.7 Å². The van der Waals surface area contributed by atoms with E-state index in [1.807, 2.05) is 6.92 Å². The summed E-state index contributed by atoms with van der Waals surface area (Å²) in [7, 11) is 0. The van der Waals surface area contributed by atoms with E-state index in [2.05, 4.69) is 33.8 Å². The van der Waals surface area contributed by atoms with Crippen LogP contribution in [0.3, 0.4) is 0 Å². The second kappa shape index (κ2) is 11.1. The van der Waals surface area contributed by atoms with Gasteiger partial charge in [-0.05, 0) is 69.8 Å². The molecule has 0 bridgehead atoms. The van der Waals surface area contributed by atoms with E-state index in [-0.39, 0.29) is 23.9 Å². The number of rotatable bonds is 6. The molecule has 2 saturated heterocycles. The number of aliphatic hydroxyl groups excluding tert-OH is 3. The number of fused-ring (bicyclic) bond motifs is 3. The van der Waals surface area contributed by atoms with Crippen molar-refractivity contribution in [2.24, 2.45) is 29.1 Å². The van der Waals surface area contributed by atoms with Crippen LogP contribution in [-0.2, 0) is 23.7 Å². The van der Waals surface area contributed by atoms with Gasteiger partial charge in [0.2, 0.25) is 0 Å². The summed E-state index contributed by atoms with van der Waals surface area (Å²) < 4.78 is 30.4. The first-order valence-electron chi connectivity index (χ1n) is 15.1. The Hall–Kier alpha value is -0.840. The van der Waals surface area contributed by atoms with Crippen molar-refractivity contribution < 1.29 is 39.0 Å². The second-order valence-electron chi connectivity index (χ2n) is 13.4. The van der Waals surface area contributed by atoms with Crippen LogP contribution in [0.5, 0.6) is 0 Å². The average molecular weight is 551 g/mol. The van der Waals surface area contributed by atoms with Crippen LogP contribution in [-0.4, -0.2) is 83.8 Å². The molecular weight excluding hydrogens is 500 g/mol. The van der Waals surface area contributed by atoms with E-state index in [1.165, 1.54) is 11.1 Å². The number of allylic oxidation sites excluding steroid dienone is 2. The minimum absolute atomic E-state index is 0.0560. The third kappa shape index (κ3) is 5.41. The molecule has 39 heavy (non-hydrogen) atoms. The highest BCUT2D eigenvalue weighted by molar-refractivity contribution is 5.41. The lowest BCUT2D eigenvalue weighted by Gasteiger charge is -2.50. The van der Waals surface area contributed by atoms with Crippen LogP contribution in [0.15, 0.2) is 22.8 Å². The lowest BCUT2D eigenvalue weighted by Crippen LogP contribution is -2.65. The Morgan fingerprint density at radius 1 is 1.08 bits per heavy atom. The molecule has 0 aromatic rings. The summed E-state index contributed by atoms with van der Waals surface area (Å²) in [5, 5.41) is 34.2. The van der Waals surface area contributed by atoms with Gasteiger partial charge in [0.15, 0.2) is 12.1 Å². The monoisotopic (exact) mass is 550 g/mol. The van der Waals surface area contributed by atoms with Crippen LogP contribution in [0, 0.1) is 29.1 Å². The van der Waals surface area contributed by atoms with Gasteiger partial charge in [-0.1, -0.05) is 44.9 Å². The summed E-state index contributed by atoms with van der Waals surface area (Å²) in [5.74, 6) is -0.0271. The Balaban J connectivity index is 1.50. The highest BCUT2D eigenvalue weighted by Gasteiger charge is 2.54. The summed E-state index contributed by atoms with van der Waals surface area (Å²) in [6, 6.07) is 0. The third-order valence-electron chi connectivity index (χ3n) is 10.0. The molecule has 0 radical (unpaired) electrons. The van der Waals surface area contributed by atoms with Gasteiger partial charge in [-0.15, -0.1) is 0 Å². The van der Waals surface area contributed by atoms with E-state index in [4.69, 9.17) is 23.7 Å². The number of ether oxygens (including phenoxy) is 5. The summed E-state index contributed by atoms with van der Waals surface area (Å²) in [4.78, 5) is 0. The van der Waals surface area contributed by atoms with E-state index in [0.29, 0.717) is 18.4 Å². The van der Waals surface area contributed by atoms with Gasteiger partial charge in [0.1, 0.15) is 30.5 Å². The molecule has 3 fully saturated rings. The van der Waals surface area contributed by atoms with Gasteiger partial charge < -0.3 is 39.0 Å². The van der Waals surface area contributed by atoms with Crippen LogP contribution in [0.4, 0.5) is 0 Å². The van der Waals surface area contributed by atoms with Crippen molar-refractivity contribution in [3.05, 3.63) is 22.8 Å². The van der Waals surface area contributed by atoms with Gasteiger partial charge in [-0.2, -0.15) is 0 Å². The largest absolute Gasteiger partial charge is 0.390 e. The standard InChI is InChI=1S/C31H50O8/c1-8-35-14-18-9-10-20-17(4)24(32)28(23-19(16(2)3)11-12-31(23,7)13-21(18)20)38-29-26(34)25(33)27-22(37-29)15-36-30(5,6)39-27/h13,16-18,20,22,24-29,32-34H,8-12,14-15H2,1-7H3/b21-13-/t17-,18-,20+,22-,24-,25-,26-,27-,28-,29-,31-/m1/s1. The van der Waals surface area contributed by atoms with E-state index in [0.717, 1.165) is 37.9 Å². The van der Waals surface area contributed by atoms with Crippen LogP contribution >= 0.6 is 0 Å². The molecule has 5 aliphatic rings. The third-order valence-corrected chi connectivity index (χ3v) is 10.0. The molecule has 8 heteroatoms. The second-order valence-corrected chi connectivity index (χ2v) is 13.4. The zero-order valence-electron chi connectivity index (χ0n) is 24.8. The minimum atomic E-state index is -1.32. The molecule has 2 heterocycles. The Bertz CT molecular complexity index is 956. The smallest absolute Gasteiger partial charge is 0.187 e. The predicted molar refractivity (Wildman–Crippen MR) is 146 cm³/mol. The maximum Gasteiger partial charge on any atom is 0.187 e. The fourth-order valence-corrected chi connectivity index (χ4v) is 7.82. The van der Waals surface area contributed by atoms with Crippen molar-refractivity contribution >= 4 is 0 Å². The molecule has 11 atom stereocenters. The Morgan fingerprint density at radius 2 is 1.82 bits per heavy atom. The highest BCUT2D eigenvalue weighted by Crippen LogP contribution is 2.55. The van der Waals surface area contributed by atoms with Gasteiger partial charge in [-0.25, -0.2) is 0 Å². The average Bonchev–Trinajstić information content (AvgIpc) is 3.43. The van der Waals surface area contributed by atoms with Crippen LogP contribution in [0.1, 0.15) is 74.1 Å². The summed E-state index contributed by atoms with van der Waals surface area (Å²) in [6.07, 6.45) is 0.0175. The maximum atomic E-state index is 12.0. The zero-order valence-corrected chi connectivity index (χ0v) is 24.8. The predicted octanol–water partition coefficient (Wildman–Crippen LogP) is 3.72. The molecule has 3 aliphatic carbocycles. The molecule has 1 saturated carbocycles. The molecular formula is C31H50O8. The molecule has 0 aromatic carbocycles. The van der Waals surface area contributed by atoms with E-state index in [1.54, 1.807) is 13.8 Å². The quantitative estimate of drug-likeness (QED) is 0.430. The molecule has 0 unspecified atom stereocenters. The van der Waals surface area contributed by atoms with Crippen molar-refractivity contribution in [3.63, 3.8) is 0 Å². The van der Waals surface area contributed by atoms with Gasteiger partial charge in [0.05, 0.1) is 19.3 Å². The summed E-state index contributed by atoms with van der Waals surface area (Å²) in [6.45, 7) is 16.0. The lowest BCUT2D eigenvalue weighted by atomic mass is 9.68. The Labute approximate surface area is 233 Å². The SMILES string of the molecule is CCOC[C@H]1CC[C@@H]2/C1=C\[C@@]1(C)CCC(C(C)C)=C1[C@@H](O[C@H]1O[C@@H]3COC(C)(C)O[C@H]3[C@H](O)[C@H]1O)[C@H](O)[C@@H]2C. The molecule has 3 N–H and O–H groups in total. The van der Waals surface area contributed by atoms with Crippen molar-refractivity contribution in [2.75, 3.05) is 19.8 Å². The molecule has 8 nitrogen and oxygen atoms in total. The number of hydrogen-bond acceptors (Lipinski definition) is 8. The Morgan fingerprint density at radius 3 is 2.51 bits per heavy atom. The van der Waals surface area contributed by atoms with Gasteiger partial charge >= 0.3 is 0 Å². The van der Waals surface area contributed by atoms with Crippen molar-refractivity contribution in [1.82, 2.24) is 0 Å². The Kier molecular flexibility index (Phi) is 8.44. The molecule has 0 spiro atoms. The summed E-state index contributed by atoms with van der Waals surface area (Å²) >= 11 is 0. The van der Waals surface area contributed by atoms with E-state index in [9.17, 15) is 15.3 Å². The number of aliphatic hydroxyl groups is 3. The van der Waals surface area contributed by atoms with E-state index >= 15 is 0 Å². The zero-order chi connectivity index (χ0) is 28.3. The first-order valence-corrected chi connectivity index (χ1v) is 15.1. The fourth-order valence-electron chi connectivity index (χ4n) is 7.82. The van der Waals surface area contributed by atoms with Gasteiger partial charge in [0.25, 0.3) is 0 Å².